The van der Waals surface area contributed by atoms with Gasteiger partial charge in [-0.15, -0.1) is 0 Å². The molecule has 0 spiro atoms. The fourth-order valence-electron chi connectivity index (χ4n) is 3.80. The first-order valence-electron chi connectivity index (χ1n) is 10.7. The Morgan fingerprint density at radius 3 is 2.50 bits per heavy atom. The van der Waals surface area contributed by atoms with Crippen molar-refractivity contribution in [1.82, 2.24) is 14.9 Å². The zero-order chi connectivity index (χ0) is 24.2. The van der Waals surface area contributed by atoms with Crippen molar-refractivity contribution in [2.75, 3.05) is 31.1 Å². The van der Waals surface area contributed by atoms with Crippen LogP contribution in [0, 0.1) is 6.92 Å². The van der Waals surface area contributed by atoms with Crippen molar-refractivity contribution in [2.45, 2.75) is 24.3 Å². The maximum Gasteiger partial charge on any atom is 0.255 e. The molecule has 1 fully saturated rings. The minimum Gasteiger partial charge on any atom is -0.368 e. The summed E-state index contributed by atoms with van der Waals surface area (Å²) in [7, 11) is 0. The van der Waals surface area contributed by atoms with Crippen LogP contribution in [-0.4, -0.2) is 47.0 Å². The summed E-state index contributed by atoms with van der Waals surface area (Å²) in [6.07, 6.45) is 0.0280. The number of nitrogens with zero attached hydrogens (tertiary/aromatic N) is 3. The number of aromatic nitrogens is 2. The second kappa shape index (κ2) is 11.0. The summed E-state index contributed by atoms with van der Waals surface area (Å²) >= 11 is 19.6. The molecule has 2 aromatic carbocycles. The Labute approximate surface area is 217 Å². The van der Waals surface area contributed by atoms with E-state index in [1.165, 1.54) is 11.8 Å². The largest absolute Gasteiger partial charge is 0.368 e. The number of carbonyl (C=O) groups is 1. The molecule has 2 heterocycles. The van der Waals surface area contributed by atoms with E-state index in [-0.39, 0.29) is 17.9 Å². The summed E-state index contributed by atoms with van der Waals surface area (Å²) < 4.78 is 0. The van der Waals surface area contributed by atoms with E-state index in [4.69, 9.17) is 34.8 Å². The Morgan fingerprint density at radius 1 is 1.06 bits per heavy atom. The van der Waals surface area contributed by atoms with Gasteiger partial charge in [0.2, 0.25) is 5.91 Å². The van der Waals surface area contributed by atoms with Crippen LogP contribution in [0.3, 0.4) is 0 Å². The van der Waals surface area contributed by atoms with Crippen LogP contribution in [0.2, 0.25) is 15.1 Å². The molecule has 1 aromatic heterocycles. The number of halogens is 3. The number of hydrogen-bond donors (Lipinski definition) is 1. The Morgan fingerprint density at radius 2 is 1.82 bits per heavy atom. The molecule has 1 N–H and O–H groups in total. The Hall–Kier alpha value is -2.19. The molecule has 6 nitrogen and oxygen atoms in total. The molecule has 0 saturated carbocycles. The van der Waals surface area contributed by atoms with E-state index in [2.05, 4.69) is 14.9 Å². The fourth-order valence-corrected chi connectivity index (χ4v) is 5.15. The molecule has 34 heavy (non-hydrogen) atoms. The van der Waals surface area contributed by atoms with E-state index in [0.717, 1.165) is 11.3 Å². The maximum atomic E-state index is 12.9. The van der Waals surface area contributed by atoms with Gasteiger partial charge in [-0.2, -0.15) is 0 Å². The molecular weight excluding hydrogens is 515 g/mol. The summed E-state index contributed by atoms with van der Waals surface area (Å²) in [5.74, 6) is 0.549. The smallest absolute Gasteiger partial charge is 0.255 e. The summed E-state index contributed by atoms with van der Waals surface area (Å²) in [6.45, 7) is 4.25. The number of rotatable bonds is 6. The van der Waals surface area contributed by atoms with Gasteiger partial charge in [0.05, 0.1) is 16.5 Å². The minimum atomic E-state index is -0.274. The van der Waals surface area contributed by atoms with Crippen molar-refractivity contribution in [2.24, 2.45) is 0 Å². The van der Waals surface area contributed by atoms with Crippen LogP contribution in [0.5, 0.6) is 0 Å². The second-order valence-electron chi connectivity index (χ2n) is 8.00. The number of nitrogens with one attached hydrogen (secondary N) is 1. The lowest BCUT2D eigenvalue weighted by Crippen LogP contribution is -2.49. The highest BCUT2D eigenvalue weighted by Gasteiger charge is 2.23. The number of anilines is 1. The molecule has 10 heteroatoms. The third kappa shape index (κ3) is 6.08. The predicted molar refractivity (Wildman–Crippen MR) is 140 cm³/mol. The summed E-state index contributed by atoms with van der Waals surface area (Å²) in [4.78, 5) is 36.9. The van der Waals surface area contributed by atoms with Crippen LogP contribution in [0.1, 0.15) is 16.8 Å². The normalized spacial score (nSPS) is 13.9. The molecule has 0 unspecified atom stereocenters. The minimum absolute atomic E-state index is 0.0280. The maximum absolute atomic E-state index is 12.9. The summed E-state index contributed by atoms with van der Waals surface area (Å²) in [6, 6.07) is 13.1. The van der Waals surface area contributed by atoms with Gasteiger partial charge < -0.3 is 14.8 Å². The molecule has 1 aliphatic heterocycles. The van der Waals surface area contributed by atoms with Gasteiger partial charge in [-0.05, 0) is 42.8 Å². The van der Waals surface area contributed by atoms with Gasteiger partial charge in [0.15, 0.2) is 5.16 Å². The number of thioether (sulfide) groups is 1. The number of amides is 1. The molecule has 0 atom stereocenters. The zero-order valence-corrected chi connectivity index (χ0v) is 21.6. The molecular formula is C24H23Cl3N4O2S. The lowest BCUT2D eigenvalue weighted by atomic mass is 10.1. The van der Waals surface area contributed by atoms with Gasteiger partial charge >= 0.3 is 0 Å². The average molecular weight is 538 g/mol. The number of aryl methyl sites for hydroxylation is 1. The Bertz CT molecular complexity index is 1260. The first-order chi connectivity index (χ1) is 16.3. The van der Waals surface area contributed by atoms with Gasteiger partial charge in [-0.3, -0.25) is 9.59 Å². The number of hydrogen-bond acceptors (Lipinski definition) is 5. The van der Waals surface area contributed by atoms with E-state index in [0.29, 0.717) is 63.4 Å². The third-order valence-corrected chi connectivity index (χ3v) is 7.61. The van der Waals surface area contributed by atoms with Crippen molar-refractivity contribution >= 4 is 58.2 Å². The standard InChI is InChI=1S/C24H23Cl3N4O2S/c1-15-19(23(33)29-24(28-15)34-14-16-3-2-4-17(25)11-16)13-22(32)31-9-7-30(8-10-31)18-5-6-20(26)21(27)12-18/h2-6,11-12H,7-10,13-14H2,1H3,(H,28,29,33). The zero-order valence-electron chi connectivity index (χ0n) is 18.5. The highest BCUT2D eigenvalue weighted by atomic mass is 35.5. The van der Waals surface area contributed by atoms with Crippen molar-refractivity contribution in [1.29, 1.82) is 0 Å². The number of H-pyrrole nitrogens is 1. The van der Waals surface area contributed by atoms with E-state index in [1.54, 1.807) is 17.9 Å². The molecule has 4 rings (SSSR count). The van der Waals surface area contributed by atoms with Crippen LogP contribution in [0.4, 0.5) is 5.69 Å². The highest BCUT2D eigenvalue weighted by Crippen LogP contribution is 2.28. The quantitative estimate of drug-likeness (QED) is 0.345. The van der Waals surface area contributed by atoms with E-state index >= 15 is 0 Å². The fraction of sp³-hybridized carbons (Fsp3) is 0.292. The number of aromatic amines is 1. The van der Waals surface area contributed by atoms with Crippen LogP contribution in [-0.2, 0) is 17.0 Å². The van der Waals surface area contributed by atoms with Crippen molar-refractivity contribution < 1.29 is 4.79 Å². The highest BCUT2D eigenvalue weighted by molar-refractivity contribution is 7.98. The van der Waals surface area contributed by atoms with E-state index in [1.807, 2.05) is 36.4 Å². The molecule has 1 saturated heterocycles. The van der Waals surface area contributed by atoms with E-state index in [9.17, 15) is 9.59 Å². The van der Waals surface area contributed by atoms with Gasteiger partial charge in [-0.1, -0.05) is 58.7 Å². The molecule has 0 bridgehead atoms. The van der Waals surface area contributed by atoms with Gasteiger partial charge in [0.25, 0.3) is 5.56 Å². The SMILES string of the molecule is Cc1nc(SCc2cccc(Cl)c2)[nH]c(=O)c1CC(=O)N1CCN(c2ccc(Cl)c(Cl)c2)CC1. The topological polar surface area (TPSA) is 69.3 Å². The molecule has 0 radical (unpaired) electrons. The van der Waals surface area contributed by atoms with Crippen LogP contribution in [0.15, 0.2) is 52.4 Å². The van der Waals surface area contributed by atoms with Crippen molar-refractivity contribution in [3.63, 3.8) is 0 Å². The molecule has 3 aromatic rings. The molecule has 178 valence electrons. The monoisotopic (exact) mass is 536 g/mol. The first-order valence-corrected chi connectivity index (χ1v) is 12.9. The first kappa shape index (κ1) is 24.9. The van der Waals surface area contributed by atoms with Crippen molar-refractivity contribution in [3.05, 3.63) is 84.7 Å². The second-order valence-corrected chi connectivity index (χ2v) is 10.2. The lowest BCUT2D eigenvalue weighted by molar-refractivity contribution is -0.130. The van der Waals surface area contributed by atoms with Gasteiger partial charge in [0, 0.05) is 53.9 Å². The van der Waals surface area contributed by atoms with Gasteiger partial charge in [0.1, 0.15) is 0 Å². The molecule has 1 aliphatic rings. The summed E-state index contributed by atoms with van der Waals surface area (Å²) in [5.41, 5.74) is 2.72. The van der Waals surface area contributed by atoms with E-state index < -0.39 is 0 Å². The average Bonchev–Trinajstić information content (AvgIpc) is 2.82. The van der Waals surface area contributed by atoms with Crippen LogP contribution < -0.4 is 10.5 Å². The number of carbonyl (C=O) groups excluding carboxylic acids is 1. The molecule has 0 aliphatic carbocycles. The summed E-state index contributed by atoms with van der Waals surface area (Å²) in [5, 5.41) is 2.22. The van der Waals surface area contributed by atoms with Gasteiger partial charge in [-0.25, -0.2) is 4.98 Å². The predicted octanol–water partition coefficient (Wildman–Crippen LogP) is 5.22. The Kier molecular flexibility index (Phi) is 8.09. The molecule has 1 amide bonds. The Balaban J connectivity index is 1.35. The van der Waals surface area contributed by atoms with Crippen LogP contribution in [0.25, 0.3) is 0 Å². The third-order valence-electron chi connectivity index (χ3n) is 5.69. The number of piperazine rings is 1. The van der Waals surface area contributed by atoms with Crippen LogP contribution >= 0.6 is 46.6 Å². The van der Waals surface area contributed by atoms with Crippen molar-refractivity contribution in [3.8, 4) is 0 Å². The number of benzene rings is 2. The lowest BCUT2D eigenvalue weighted by Gasteiger charge is -2.36.